The van der Waals surface area contributed by atoms with Crippen molar-refractivity contribution in [2.75, 3.05) is 19.8 Å². The Morgan fingerprint density at radius 3 is 2.27 bits per heavy atom. The highest BCUT2D eigenvalue weighted by molar-refractivity contribution is 6.05. The summed E-state index contributed by atoms with van der Waals surface area (Å²) in [5.74, 6) is -1.48. The molecule has 4 atom stereocenters. The minimum Gasteiger partial charge on any atom is -0.507 e. The lowest BCUT2D eigenvalue weighted by molar-refractivity contribution is -0.140. The number of hydrogen-bond acceptors (Lipinski definition) is 6. The number of carbonyl (C=O) groups excluding carboxylic acids is 2. The molecule has 1 saturated heterocycles. The Labute approximate surface area is 265 Å². The molecule has 45 heavy (non-hydrogen) atoms. The van der Waals surface area contributed by atoms with Crippen molar-refractivity contribution in [3.05, 3.63) is 106 Å². The fourth-order valence-corrected chi connectivity index (χ4v) is 6.96. The third-order valence-corrected chi connectivity index (χ3v) is 9.12. The third-order valence-electron chi connectivity index (χ3n) is 9.12. The molecule has 0 aromatic heterocycles. The average molecular weight is 610 g/mol. The Balaban J connectivity index is 1.48. The lowest BCUT2D eigenvalue weighted by Crippen LogP contribution is -2.40. The van der Waals surface area contributed by atoms with Gasteiger partial charge in [0, 0.05) is 12.5 Å². The van der Waals surface area contributed by atoms with Crippen LogP contribution in [0.4, 0.5) is 0 Å². The number of aliphatic hydroxyl groups is 2. The minimum absolute atomic E-state index is 0.152. The van der Waals surface area contributed by atoms with Crippen LogP contribution in [0, 0.1) is 31.6 Å². The molecule has 0 bridgehead atoms. The van der Waals surface area contributed by atoms with Crippen LogP contribution in [0.25, 0.3) is 11.6 Å². The first-order chi connectivity index (χ1) is 21.7. The summed E-state index contributed by atoms with van der Waals surface area (Å²) < 4.78 is 6.12. The number of ether oxygens (including phenoxy) is 1. The van der Waals surface area contributed by atoms with Gasteiger partial charge in [0.1, 0.15) is 18.1 Å². The van der Waals surface area contributed by atoms with Crippen LogP contribution < -0.4 is 4.74 Å². The molecular weight excluding hydrogens is 566 g/mol. The van der Waals surface area contributed by atoms with E-state index in [1.165, 1.54) is 4.90 Å². The maximum atomic E-state index is 13.5. The number of rotatable bonds is 12. The van der Waals surface area contributed by atoms with Gasteiger partial charge in [0.15, 0.2) is 0 Å². The van der Waals surface area contributed by atoms with E-state index in [9.17, 15) is 24.9 Å². The highest BCUT2D eigenvalue weighted by Gasteiger charge is 2.54. The number of likely N-dealkylation sites (tertiary alicyclic amines) is 1. The Hall–Kier alpha value is -4.20. The van der Waals surface area contributed by atoms with Crippen molar-refractivity contribution in [1.29, 1.82) is 0 Å². The summed E-state index contributed by atoms with van der Waals surface area (Å²) in [5.41, 5.74) is 5.93. The molecule has 2 amide bonds. The molecule has 3 N–H and O–H groups in total. The normalized spacial score (nSPS) is 20.9. The molecule has 0 spiro atoms. The number of fused-ring (bicyclic) bond motifs is 1. The van der Waals surface area contributed by atoms with Crippen molar-refractivity contribution in [2.45, 2.75) is 52.6 Å². The number of nitrogens with zero attached hydrogens (tertiary/aromatic N) is 1. The average Bonchev–Trinajstić information content (AvgIpc) is 3.29. The number of aliphatic hydroxyl groups excluding tert-OH is 2. The Bertz CT molecular complexity index is 1560. The molecular formula is C38H43NO6. The van der Waals surface area contributed by atoms with Crippen LogP contribution in [0.3, 0.4) is 0 Å². The molecule has 0 unspecified atom stereocenters. The fourth-order valence-electron chi connectivity index (χ4n) is 6.96. The summed E-state index contributed by atoms with van der Waals surface area (Å²) in [6, 6.07) is 23.2. The first kappa shape index (κ1) is 32.2. The number of phenols is 1. The van der Waals surface area contributed by atoms with Gasteiger partial charge in [-0.25, -0.2) is 0 Å². The van der Waals surface area contributed by atoms with Crippen LogP contribution in [0.2, 0.25) is 0 Å². The maximum Gasteiger partial charge on any atom is 0.233 e. The second-order valence-corrected chi connectivity index (χ2v) is 12.2. The van der Waals surface area contributed by atoms with Gasteiger partial charge in [0.05, 0.1) is 24.5 Å². The third kappa shape index (κ3) is 6.90. The lowest BCUT2D eigenvalue weighted by Gasteiger charge is -2.36. The molecule has 3 aromatic carbocycles. The Morgan fingerprint density at radius 2 is 1.64 bits per heavy atom. The van der Waals surface area contributed by atoms with Crippen LogP contribution >= 0.6 is 0 Å². The van der Waals surface area contributed by atoms with E-state index in [2.05, 4.69) is 6.08 Å². The van der Waals surface area contributed by atoms with E-state index in [-0.39, 0.29) is 30.8 Å². The van der Waals surface area contributed by atoms with E-state index in [0.29, 0.717) is 43.6 Å². The smallest absolute Gasteiger partial charge is 0.233 e. The summed E-state index contributed by atoms with van der Waals surface area (Å²) in [6.45, 7) is 5.82. The number of allylic oxidation sites excluding steroid dienone is 1. The molecule has 3 aromatic rings. The van der Waals surface area contributed by atoms with Gasteiger partial charge in [-0.15, -0.1) is 0 Å². The van der Waals surface area contributed by atoms with E-state index in [1.54, 1.807) is 0 Å². The van der Waals surface area contributed by atoms with Crippen molar-refractivity contribution in [1.82, 2.24) is 4.90 Å². The van der Waals surface area contributed by atoms with Crippen molar-refractivity contribution < 1.29 is 29.6 Å². The van der Waals surface area contributed by atoms with Crippen LogP contribution in [-0.4, -0.2) is 57.9 Å². The zero-order valence-corrected chi connectivity index (χ0v) is 26.3. The van der Waals surface area contributed by atoms with Crippen LogP contribution in [0.1, 0.15) is 54.9 Å². The van der Waals surface area contributed by atoms with Gasteiger partial charge in [-0.3, -0.25) is 14.5 Å². The number of imide groups is 1. The second kappa shape index (κ2) is 14.3. The number of carbonyl (C=O) groups is 2. The van der Waals surface area contributed by atoms with Crippen LogP contribution in [-0.2, 0) is 9.59 Å². The predicted molar refractivity (Wildman–Crippen MR) is 175 cm³/mol. The number of aryl methyl sites for hydroxylation is 2. The number of para-hydroxylation sites is 1. The predicted octanol–water partition coefficient (Wildman–Crippen LogP) is 6.09. The zero-order valence-electron chi connectivity index (χ0n) is 26.3. The van der Waals surface area contributed by atoms with Crippen LogP contribution in [0.5, 0.6) is 11.5 Å². The van der Waals surface area contributed by atoms with Gasteiger partial charge in [-0.1, -0.05) is 61.5 Å². The van der Waals surface area contributed by atoms with E-state index in [4.69, 9.17) is 4.74 Å². The molecule has 1 heterocycles. The summed E-state index contributed by atoms with van der Waals surface area (Å²) in [6.07, 6.45) is 2.94. The largest absolute Gasteiger partial charge is 0.507 e. The summed E-state index contributed by atoms with van der Waals surface area (Å²) >= 11 is 0. The molecule has 1 aliphatic carbocycles. The topological polar surface area (TPSA) is 107 Å². The van der Waals surface area contributed by atoms with Gasteiger partial charge in [-0.2, -0.15) is 0 Å². The summed E-state index contributed by atoms with van der Waals surface area (Å²) in [4.78, 5) is 28.2. The molecule has 1 fully saturated rings. The fraction of sp³-hybridized carbons (Fsp3) is 0.368. The van der Waals surface area contributed by atoms with Gasteiger partial charge < -0.3 is 20.1 Å². The van der Waals surface area contributed by atoms with Crippen molar-refractivity contribution in [3.63, 3.8) is 0 Å². The standard InChI is InChI=1S/C38H43NO6/c1-4-17-39-37(43)31-21-29(23-45-30-13-9-6-10-14-30)34(32(22-40)35(31)38(39)44)33(41)16-15-28(27-11-7-5-8-12-27)20-26-18-24(2)36(42)25(3)19-26/h5-14,18-20,31-33,35,40-42H,4,15-17,21-23H2,1-3H3/b28-20-/t31-,32+,33-,35-/m1/s1. The maximum absolute atomic E-state index is 13.5. The molecule has 0 saturated carbocycles. The van der Waals surface area contributed by atoms with E-state index in [0.717, 1.165) is 33.4 Å². The number of benzene rings is 3. The molecule has 1 aliphatic heterocycles. The van der Waals surface area contributed by atoms with E-state index < -0.39 is 23.9 Å². The van der Waals surface area contributed by atoms with Gasteiger partial charge in [0.25, 0.3) is 0 Å². The van der Waals surface area contributed by atoms with E-state index in [1.807, 2.05) is 93.6 Å². The molecule has 2 aliphatic rings. The number of amides is 2. The highest BCUT2D eigenvalue weighted by Crippen LogP contribution is 2.46. The second-order valence-electron chi connectivity index (χ2n) is 12.2. The van der Waals surface area contributed by atoms with Gasteiger partial charge in [-0.05, 0) is 103 Å². The molecule has 7 nitrogen and oxygen atoms in total. The van der Waals surface area contributed by atoms with Crippen molar-refractivity contribution in [3.8, 4) is 11.5 Å². The highest BCUT2D eigenvalue weighted by atomic mass is 16.5. The quantitative estimate of drug-likeness (QED) is 0.130. The first-order valence-electron chi connectivity index (χ1n) is 15.8. The van der Waals surface area contributed by atoms with Gasteiger partial charge in [0.2, 0.25) is 11.8 Å². The van der Waals surface area contributed by atoms with Crippen molar-refractivity contribution in [2.24, 2.45) is 17.8 Å². The zero-order chi connectivity index (χ0) is 32.1. The molecule has 236 valence electrons. The number of phenolic OH excluding ortho intramolecular Hbond substituents is 1. The molecule has 5 rings (SSSR count). The molecule has 7 heteroatoms. The number of hydrogen-bond donors (Lipinski definition) is 3. The summed E-state index contributed by atoms with van der Waals surface area (Å²) in [7, 11) is 0. The van der Waals surface area contributed by atoms with E-state index >= 15 is 0 Å². The van der Waals surface area contributed by atoms with Crippen molar-refractivity contribution >= 4 is 23.5 Å². The van der Waals surface area contributed by atoms with Gasteiger partial charge >= 0.3 is 0 Å². The summed E-state index contributed by atoms with van der Waals surface area (Å²) in [5, 5.41) is 32.9. The lowest BCUT2D eigenvalue weighted by atomic mass is 9.68. The van der Waals surface area contributed by atoms with Crippen LogP contribution in [0.15, 0.2) is 83.9 Å². The number of aromatic hydroxyl groups is 1. The monoisotopic (exact) mass is 609 g/mol. The Morgan fingerprint density at radius 1 is 1.00 bits per heavy atom. The molecule has 0 radical (unpaired) electrons. The first-order valence-corrected chi connectivity index (χ1v) is 15.8. The SMILES string of the molecule is CCCN1C(=O)[C@@H]2[C@@H](CC(COc3ccccc3)=C([C@H](O)CC/C(=C/c3cc(C)c(O)c(C)c3)c3ccccc3)[C@@H]2CO)C1=O. The minimum atomic E-state index is -0.962. The Kier molecular flexibility index (Phi) is 10.2.